The number of allylic oxidation sites excluding steroid dienone is 2. The maximum atomic E-state index is 9.80. The molecule has 0 aliphatic carbocycles. The van der Waals surface area contributed by atoms with Gasteiger partial charge in [0.1, 0.15) is 0 Å². The SMILES string of the molecule is CC(/C=C/c1c(C)c(C(C)O)c(C)n1C)=C\CO. The van der Waals surface area contributed by atoms with Crippen molar-refractivity contribution >= 4 is 6.08 Å². The van der Waals surface area contributed by atoms with Gasteiger partial charge in [0.15, 0.2) is 0 Å². The van der Waals surface area contributed by atoms with Crippen molar-refractivity contribution in [3.8, 4) is 0 Å². The molecular weight excluding hydrogens is 226 g/mol. The molecule has 0 radical (unpaired) electrons. The van der Waals surface area contributed by atoms with Crippen LogP contribution in [0.5, 0.6) is 0 Å². The average molecular weight is 249 g/mol. The fourth-order valence-corrected chi connectivity index (χ4v) is 2.30. The molecule has 1 aromatic heterocycles. The number of nitrogens with zero attached hydrogens (tertiary/aromatic N) is 1. The zero-order valence-electron chi connectivity index (χ0n) is 11.9. The van der Waals surface area contributed by atoms with Crippen molar-refractivity contribution in [3.05, 3.63) is 40.2 Å². The van der Waals surface area contributed by atoms with E-state index in [4.69, 9.17) is 5.11 Å². The maximum Gasteiger partial charge on any atom is 0.0782 e. The predicted octanol–water partition coefficient (Wildman–Crippen LogP) is 2.65. The molecule has 1 aromatic rings. The highest BCUT2D eigenvalue weighted by molar-refractivity contribution is 5.57. The van der Waals surface area contributed by atoms with Crippen molar-refractivity contribution in [2.45, 2.75) is 33.8 Å². The lowest BCUT2D eigenvalue weighted by Gasteiger charge is -2.05. The topological polar surface area (TPSA) is 45.4 Å². The van der Waals surface area contributed by atoms with Crippen molar-refractivity contribution in [1.82, 2.24) is 4.57 Å². The van der Waals surface area contributed by atoms with Gasteiger partial charge in [-0.2, -0.15) is 0 Å². The lowest BCUT2D eigenvalue weighted by Crippen LogP contribution is -1.96. The zero-order valence-corrected chi connectivity index (χ0v) is 11.9. The van der Waals surface area contributed by atoms with Crippen LogP contribution in [-0.4, -0.2) is 21.4 Å². The molecule has 0 saturated carbocycles. The Morgan fingerprint density at radius 3 is 2.44 bits per heavy atom. The highest BCUT2D eigenvalue weighted by Crippen LogP contribution is 2.27. The largest absolute Gasteiger partial charge is 0.392 e. The van der Waals surface area contributed by atoms with E-state index < -0.39 is 6.10 Å². The lowest BCUT2D eigenvalue weighted by molar-refractivity contribution is 0.198. The summed E-state index contributed by atoms with van der Waals surface area (Å²) in [5.74, 6) is 0. The number of aromatic nitrogens is 1. The molecule has 2 N–H and O–H groups in total. The van der Waals surface area contributed by atoms with Gasteiger partial charge in [-0.05, 0) is 39.3 Å². The number of hydrogen-bond acceptors (Lipinski definition) is 2. The van der Waals surface area contributed by atoms with E-state index in [-0.39, 0.29) is 6.61 Å². The molecule has 0 spiro atoms. The summed E-state index contributed by atoms with van der Waals surface area (Å²) < 4.78 is 2.08. The molecule has 1 heterocycles. The molecule has 1 rings (SSSR count). The third kappa shape index (κ3) is 2.92. The summed E-state index contributed by atoms with van der Waals surface area (Å²) in [5.41, 5.74) is 5.31. The van der Waals surface area contributed by atoms with E-state index in [0.717, 1.165) is 28.1 Å². The molecule has 18 heavy (non-hydrogen) atoms. The van der Waals surface area contributed by atoms with Crippen molar-refractivity contribution < 1.29 is 10.2 Å². The Kier molecular flexibility index (Phi) is 4.93. The van der Waals surface area contributed by atoms with Gasteiger partial charge in [0, 0.05) is 24.0 Å². The molecule has 1 unspecified atom stereocenters. The minimum Gasteiger partial charge on any atom is -0.392 e. The summed E-state index contributed by atoms with van der Waals surface area (Å²) in [6.07, 6.45) is 5.31. The van der Waals surface area contributed by atoms with Crippen LogP contribution in [0.3, 0.4) is 0 Å². The number of rotatable bonds is 4. The van der Waals surface area contributed by atoms with Crippen molar-refractivity contribution in [2.75, 3.05) is 6.61 Å². The molecular formula is C15H23NO2. The first-order valence-corrected chi connectivity index (χ1v) is 6.19. The summed E-state index contributed by atoms with van der Waals surface area (Å²) in [6, 6.07) is 0. The van der Waals surface area contributed by atoms with Crippen LogP contribution in [0.4, 0.5) is 0 Å². The van der Waals surface area contributed by atoms with Gasteiger partial charge in [0.2, 0.25) is 0 Å². The third-order valence-corrected chi connectivity index (χ3v) is 3.38. The number of aliphatic hydroxyl groups is 2. The first-order valence-electron chi connectivity index (χ1n) is 6.19. The molecule has 3 heteroatoms. The van der Waals surface area contributed by atoms with Crippen LogP contribution in [0.25, 0.3) is 6.08 Å². The molecule has 0 fully saturated rings. The van der Waals surface area contributed by atoms with E-state index in [9.17, 15) is 5.11 Å². The molecule has 3 nitrogen and oxygen atoms in total. The van der Waals surface area contributed by atoms with E-state index in [1.807, 2.05) is 40.0 Å². The van der Waals surface area contributed by atoms with Crippen molar-refractivity contribution in [3.63, 3.8) is 0 Å². The summed E-state index contributed by atoms with van der Waals surface area (Å²) in [4.78, 5) is 0. The fraction of sp³-hybridized carbons (Fsp3) is 0.467. The van der Waals surface area contributed by atoms with Gasteiger partial charge in [-0.3, -0.25) is 0 Å². The van der Waals surface area contributed by atoms with Crippen LogP contribution in [0.2, 0.25) is 0 Å². The molecule has 0 bridgehead atoms. The van der Waals surface area contributed by atoms with Crippen molar-refractivity contribution in [2.24, 2.45) is 7.05 Å². The average Bonchev–Trinajstić information content (AvgIpc) is 2.48. The highest BCUT2D eigenvalue weighted by atomic mass is 16.3. The normalized spacial score (nSPS) is 14.5. The second-order valence-electron chi connectivity index (χ2n) is 4.71. The Labute approximate surface area is 109 Å². The Balaban J connectivity index is 3.19. The van der Waals surface area contributed by atoms with Crippen LogP contribution in [-0.2, 0) is 7.05 Å². The molecule has 0 amide bonds. The van der Waals surface area contributed by atoms with Crippen LogP contribution in [0, 0.1) is 13.8 Å². The first kappa shape index (κ1) is 14.7. The maximum absolute atomic E-state index is 9.80. The minimum absolute atomic E-state index is 0.0558. The van der Waals surface area contributed by atoms with Gasteiger partial charge in [-0.1, -0.05) is 17.7 Å². The predicted molar refractivity (Wildman–Crippen MR) is 75.4 cm³/mol. The third-order valence-electron chi connectivity index (χ3n) is 3.38. The van der Waals surface area contributed by atoms with Gasteiger partial charge < -0.3 is 14.8 Å². The van der Waals surface area contributed by atoms with Gasteiger partial charge in [-0.25, -0.2) is 0 Å². The van der Waals surface area contributed by atoms with E-state index in [1.165, 1.54) is 0 Å². The molecule has 0 aliphatic heterocycles. The van der Waals surface area contributed by atoms with E-state index >= 15 is 0 Å². The fourth-order valence-electron chi connectivity index (χ4n) is 2.30. The lowest BCUT2D eigenvalue weighted by atomic mass is 10.1. The van der Waals surface area contributed by atoms with Crippen LogP contribution in [0.15, 0.2) is 17.7 Å². The molecule has 0 saturated heterocycles. The molecule has 0 aliphatic rings. The summed E-state index contributed by atoms with van der Waals surface area (Å²) >= 11 is 0. The van der Waals surface area contributed by atoms with E-state index in [0.29, 0.717) is 0 Å². The summed E-state index contributed by atoms with van der Waals surface area (Å²) in [5, 5.41) is 18.6. The Hall–Kier alpha value is -1.32. The highest BCUT2D eigenvalue weighted by Gasteiger charge is 2.16. The van der Waals surface area contributed by atoms with E-state index in [2.05, 4.69) is 4.57 Å². The molecule has 100 valence electrons. The number of aliphatic hydroxyl groups excluding tert-OH is 2. The van der Waals surface area contributed by atoms with Gasteiger partial charge in [0.05, 0.1) is 12.7 Å². The van der Waals surface area contributed by atoms with E-state index in [1.54, 1.807) is 13.0 Å². The van der Waals surface area contributed by atoms with Gasteiger partial charge in [0.25, 0.3) is 0 Å². The Morgan fingerprint density at radius 1 is 1.39 bits per heavy atom. The minimum atomic E-state index is -0.451. The van der Waals surface area contributed by atoms with Gasteiger partial charge in [-0.15, -0.1) is 0 Å². The zero-order chi connectivity index (χ0) is 13.9. The quantitative estimate of drug-likeness (QED) is 0.806. The molecule has 0 aromatic carbocycles. The number of hydrogen-bond donors (Lipinski definition) is 2. The van der Waals surface area contributed by atoms with Crippen LogP contribution in [0.1, 0.15) is 42.5 Å². The Morgan fingerprint density at radius 2 is 2.00 bits per heavy atom. The summed E-state index contributed by atoms with van der Waals surface area (Å²) in [6.45, 7) is 7.84. The smallest absolute Gasteiger partial charge is 0.0782 e. The first-order chi connectivity index (χ1) is 8.40. The van der Waals surface area contributed by atoms with Crippen LogP contribution >= 0.6 is 0 Å². The second-order valence-corrected chi connectivity index (χ2v) is 4.71. The standard InChI is InChI=1S/C15H23NO2/c1-10(8-9-17)6-7-14-11(2)15(13(4)18)12(3)16(14)5/h6-8,13,17-18H,9H2,1-5H3/b7-6+,10-8+. The van der Waals surface area contributed by atoms with Gasteiger partial charge >= 0.3 is 0 Å². The molecule has 1 atom stereocenters. The Bertz CT molecular complexity index is 479. The van der Waals surface area contributed by atoms with Crippen molar-refractivity contribution in [1.29, 1.82) is 0 Å². The monoisotopic (exact) mass is 249 g/mol. The second kappa shape index (κ2) is 6.03. The van der Waals surface area contributed by atoms with Crippen LogP contribution < -0.4 is 0 Å². The summed E-state index contributed by atoms with van der Waals surface area (Å²) in [7, 11) is 2.00.